The minimum absolute atomic E-state index is 0.628. The Bertz CT molecular complexity index is 928. The molecule has 1 heterocycles. The first-order chi connectivity index (χ1) is 15.2. The van der Waals surface area contributed by atoms with Crippen LogP contribution in [-0.4, -0.2) is 23.1 Å². The summed E-state index contributed by atoms with van der Waals surface area (Å²) in [5.74, 6) is 6.99. The minimum atomic E-state index is 0.628. The average molecular weight is 417 g/mol. The lowest BCUT2D eigenvalue weighted by molar-refractivity contribution is 0.304. The summed E-state index contributed by atoms with van der Waals surface area (Å²) in [6, 6.07) is 22.4. The van der Waals surface area contributed by atoms with E-state index in [2.05, 4.69) is 41.4 Å². The molecule has 0 radical (unpaired) electrons. The third-order valence-corrected chi connectivity index (χ3v) is 5.09. The number of unbranched alkanes of at least 4 members (excludes halogenated alkanes) is 4. The van der Waals surface area contributed by atoms with Crippen molar-refractivity contribution in [2.75, 3.05) is 13.2 Å². The first-order valence-corrected chi connectivity index (χ1v) is 10.9. The molecule has 0 bridgehead atoms. The van der Waals surface area contributed by atoms with Crippen LogP contribution in [0.3, 0.4) is 0 Å². The van der Waals surface area contributed by atoms with Crippen LogP contribution in [0, 0.1) is 0 Å². The van der Waals surface area contributed by atoms with E-state index in [1.54, 1.807) is 23.6 Å². The maximum absolute atomic E-state index is 6.07. The molecule has 3 rings (SSSR count). The third kappa shape index (κ3) is 7.46. The SMILES string of the molecule is N/C(=C\N(N)CCCCCCCOc1ccccc1-c1ccccc1)c1cccnc1. The van der Waals surface area contributed by atoms with E-state index in [4.69, 9.17) is 16.3 Å². The van der Waals surface area contributed by atoms with Crippen LogP contribution in [0.25, 0.3) is 16.8 Å². The molecule has 31 heavy (non-hydrogen) atoms. The van der Waals surface area contributed by atoms with Gasteiger partial charge in [-0.25, -0.2) is 5.84 Å². The van der Waals surface area contributed by atoms with Gasteiger partial charge in [0.15, 0.2) is 0 Å². The molecule has 0 aliphatic rings. The summed E-state index contributed by atoms with van der Waals surface area (Å²) in [4.78, 5) is 4.07. The summed E-state index contributed by atoms with van der Waals surface area (Å²) in [6.07, 6.45) is 10.8. The number of hydrogen-bond acceptors (Lipinski definition) is 5. The molecule has 162 valence electrons. The van der Waals surface area contributed by atoms with E-state index in [-0.39, 0.29) is 0 Å². The first-order valence-electron chi connectivity index (χ1n) is 10.9. The van der Waals surface area contributed by atoms with Crippen molar-refractivity contribution in [1.29, 1.82) is 0 Å². The molecule has 5 nitrogen and oxygen atoms in total. The Labute approximate surface area is 185 Å². The van der Waals surface area contributed by atoms with Crippen molar-refractivity contribution in [3.8, 4) is 16.9 Å². The van der Waals surface area contributed by atoms with Crippen molar-refractivity contribution < 1.29 is 4.74 Å². The highest BCUT2D eigenvalue weighted by Crippen LogP contribution is 2.29. The first kappa shape index (κ1) is 22.4. The van der Waals surface area contributed by atoms with Crippen molar-refractivity contribution in [2.45, 2.75) is 32.1 Å². The summed E-state index contributed by atoms with van der Waals surface area (Å²) in [6.45, 7) is 1.51. The zero-order valence-electron chi connectivity index (χ0n) is 18.0. The molecule has 0 aliphatic carbocycles. The zero-order chi connectivity index (χ0) is 21.7. The van der Waals surface area contributed by atoms with Crippen molar-refractivity contribution in [1.82, 2.24) is 9.99 Å². The van der Waals surface area contributed by atoms with Crippen molar-refractivity contribution >= 4 is 5.70 Å². The molecule has 0 spiro atoms. The van der Waals surface area contributed by atoms with Crippen LogP contribution in [0.5, 0.6) is 5.75 Å². The predicted octanol–water partition coefficient (Wildman–Crippen LogP) is 5.21. The lowest BCUT2D eigenvalue weighted by Crippen LogP contribution is -2.27. The van der Waals surface area contributed by atoms with Gasteiger partial charge in [-0.1, -0.05) is 67.8 Å². The molecule has 0 amide bonds. The lowest BCUT2D eigenvalue weighted by atomic mass is 10.1. The third-order valence-electron chi connectivity index (χ3n) is 5.09. The molecule has 0 aliphatic heterocycles. The summed E-state index contributed by atoms with van der Waals surface area (Å²) in [5.41, 5.74) is 9.90. The number of rotatable bonds is 12. The molecule has 0 atom stereocenters. The fourth-order valence-corrected chi connectivity index (χ4v) is 3.41. The Morgan fingerprint density at radius 2 is 1.61 bits per heavy atom. The molecular formula is C26H32N4O. The van der Waals surface area contributed by atoms with Crippen LogP contribution in [0.15, 0.2) is 85.3 Å². The molecule has 4 N–H and O–H groups in total. The maximum Gasteiger partial charge on any atom is 0.127 e. The highest BCUT2D eigenvalue weighted by molar-refractivity contribution is 5.70. The summed E-state index contributed by atoms with van der Waals surface area (Å²) in [5, 5.41) is 1.66. The van der Waals surface area contributed by atoms with Gasteiger partial charge in [-0.3, -0.25) is 4.98 Å². The number of hydrogen-bond donors (Lipinski definition) is 2. The molecular weight excluding hydrogens is 384 g/mol. The number of pyridine rings is 1. The van der Waals surface area contributed by atoms with E-state index in [0.29, 0.717) is 5.70 Å². The monoisotopic (exact) mass is 416 g/mol. The second kappa shape index (κ2) is 12.4. The average Bonchev–Trinajstić information content (AvgIpc) is 2.82. The fourth-order valence-electron chi connectivity index (χ4n) is 3.41. The standard InChI is InChI=1S/C26H32N4O/c27-25(23-14-11-17-29-20-23)21-30(28)18-9-2-1-3-10-19-31-26-16-8-7-15-24(26)22-12-5-4-6-13-22/h4-8,11-17,20-21H,1-3,9-10,18-19,27-28H2/b25-21-. The molecule has 2 aromatic carbocycles. The van der Waals surface area contributed by atoms with Crippen LogP contribution in [0.1, 0.15) is 37.7 Å². The quantitative estimate of drug-likeness (QED) is 0.241. The Morgan fingerprint density at radius 3 is 2.42 bits per heavy atom. The molecule has 0 saturated carbocycles. The number of para-hydroxylation sites is 1. The number of nitrogens with zero attached hydrogens (tertiary/aromatic N) is 2. The number of ether oxygens (including phenoxy) is 1. The van der Waals surface area contributed by atoms with Gasteiger partial charge in [0.1, 0.15) is 5.75 Å². The number of nitrogens with two attached hydrogens (primary N) is 2. The minimum Gasteiger partial charge on any atom is -0.493 e. The normalized spacial score (nSPS) is 11.3. The molecule has 3 aromatic rings. The lowest BCUT2D eigenvalue weighted by Gasteiger charge is -2.15. The van der Waals surface area contributed by atoms with Gasteiger partial charge in [0.05, 0.1) is 12.3 Å². The molecule has 0 unspecified atom stereocenters. The molecule has 5 heteroatoms. The van der Waals surface area contributed by atoms with Crippen molar-refractivity contribution in [3.63, 3.8) is 0 Å². The van der Waals surface area contributed by atoms with Crippen LogP contribution >= 0.6 is 0 Å². The van der Waals surface area contributed by atoms with E-state index >= 15 is 0 Å². The van der Waals surface area contributed by atoms with Gasteiger partial charge in [0, 0.05) is 36.3 Å². The van der Waals surface area contributed by atoms with Gasteiger partial charge in [-0.2, -0.15) is 0 Å². The van der Waals surface area contributed by atoms with Crippen LogP contribution in [0.2, 0.25) is 0 Å². The Morgan fingerprint density at radius 1 is 0.871 bits per heavy atom. The number of benzene rings is 2. The smallest absolute Gasteiger partial charge is 0.127 e. The summed E-state index contributed by atoms with van der Waals surface area (Å²) < 4.78 is 6.07. The molecule has 1 aromatic heterocycles. The topological polar surface area (TPSA) is 77.4 Å². The Kier molecular flexibility index (Phi) is 8.95. The van der Waals surface area contributed by atoms with Crippen LogP contribution < -0.4 is 16.3 Å². The Balaban J connectivity index is 1.30. The summed E-state index contributed by atoms with van der Waals surface area (Å²) >= 11 is 0. The molecule has 0 saturated heterocycles. The zero-order valence-corrected chi connectivity index (χ0v) is 18.0. The highest BCUT2D eigenvalue weighted by Gasteiger charge is 2.05. The fraction of sp³-hybridized carbons (Fsp3) is 0.269. The van der Waals surface area contributed by atoms with Gasteiger partial charge in [-0.15, -0.1) is 0 Å². The van der Waals surface area contributed by atoms with Gasteiger partial charge in [-0.05, 0) is 36.6 Å². The van der Waals surface area contributed by atoms with Gasteiger partial charge >= 0.3 is 0 Å². The highest BCUT2D eigenvalue weighted by atomic mass is 16.5. The maximum atomic E-state index is 6.07. The van der Waals surface area contributed by atoms with Gasteiger partial charge in [0.2, 0.25) is 0 Å². The van der Waals surface area contributed by atoms with Gasteiger partial charge in [0.25, 0.3) is 0 Å². The van der Waals surface area contributed by atoms with E-state index in [0.717, 1.165) is 55.7 Å². The number of hydrazine groups is 1. The van der Waals surface area contributed by atoms with Crippen molar-refractivity contribution in [3.05, 3.63) is 90.9 Å². The second-order valence-corrected chi connectivity index (χ2v) is 7.54. The second-order valence-electron chi connectivity index (χ2n) is 7.54. The Hall–Kier alpha value is -3.31. The van der Waals surface area contributed by atoms with Gasteiger partial charge < -0.3 is 15.5 Å². The largest absolute Gasteiger partial charge is 0.493 e. The van der Waals surface area contributed by atoms with Crippen LogP contribution in [0.4, 0.5) is 0 Å². The van der Waals surface area contributed by atoms with E-state index < -0.39 is 0 Å². The van der Waals surface area contributed by atoms with E-state index in [9.17, 15) is 0 Å². The summed E-state index contributed by atoms with van der Waals surface area (Å²) in [7, 11) is 0. The predicted molar refractivity (Wildman–Crippen MR) is 128 cm³/mol. The van der Waals surface area contributed by atoms with E-state index in [1.165, 1.54) is 12.0 Å². The van der Waals surface area contributed by atoms with Crippen LogP contribution in [-0.2, 0) is 0 Å². The molecule has 0 fully saturated rings. The van der Waals surface area contributed by atoms with Crippen molar-refractivity contribution in [2.24, 2.45) is 11.6 Å². The number of aromatic nitrogens is 1. The van der Waals surface area contributed by atoms with E-state index in [1.807, 2.05) is 30.3 Å².